The van der Waals surface area contributed by atoms with Crippen molar-refractivity contribution in [2.45, 2.75) is 43.0 Å². The largest absolute Gasteiger partial charge is 0.354 e. The SMILES string of the molecule is CCc1ccccc1NC(=O)[C@H]1CCCN(c2ccc(Sc3ccc(C)cc3)nn2)C1. The molecule has 1 N–H and O–H groups in total. The Bertz CT molecular complexity index is 1020. The first-order valence-electron chi connectivity index (χ1n) is 10.8. The summed E-state index contributed by atoms with van der Waals surface area (Å²) in [7, 11) is 0. The molecule has 2 heterocycles. The number of hydrogen-bond acceptors (Lipinski definition) is 5. The molecule has 31 heavy (non-hydrogen) atoms. The third kappa shape index (κ3) is 5.44. The van der Waals surface area contributed by atoms with Gasteiger partial charge in [0.2, 0.25) is 5.91 Å². The van der Waals surface area contributed by atoms with Gasteiger partial charge in [0.25, 0.3) is 0 Å². The zero-order chi connectivity index (χ0) is 21.6. The second-order valence-corrected chi connectivity index (χ2v) is 9.02. The Labute approximate surface area is 188 Å². The summed E-state index contributed by atoms with van der Waals surface area (Å²) < 4.78 is 0. The lowest BCUT2D eigenvalue weighted by atomic mass is 9.96. The van der Waals surface area contributed by atoms with E-state index in [1.165, 1.54) is 5.56 Å². The number of anilines is 2. The maximum atomic E-state index is 12.9. The molecule has 1 aliphatic heterocycles. The molecule has 3 aromatic rings. The van der Waals surface area contributed by atoms with Gasteiger partial charge in [-0.3, -0.25) is 4.79 Å². The molecule has 1 aromatic heterocycles. The van der Waals surface area contributed by atoms with Crippen molar-refractivity contribution in [3.05, 3.63) is 71.8 Å². The first kappa shape index (κ1) is 21.4. The molecule has 4 rings (SSSR count). The molecule has 0 saturated carbocycles. The van der Waals surface area contributed by atoms with Gasteiger partial charge in [-0.15, -0.1) is 10.2 Å². The Kier molecular flexibility index (Phi) is 6.87. The summed E-state index contributed by atoms with van der Waals surface area (Å²) >= 11 is 1.61. The van der Waals surface area contributed by atoms with Crippen LogP contribution in [0.4, 0.5) is 11.5 Å². The van der Waals surface area contributed by atoms with Gasteiger partial charge in [0.05, 0.1) is 5.92 Å². The van der Waals surface area contributed by atoms with Gasteiger partial charge >= 0.3 is 0 Å². The van der Waals surface area contributed by atoms with Gasteiger partial charge in [-0.1, -0.05) is 54.6 Å². The number of carbonyl (C=O) groups is 1. The lowest BCUT2D eigenvalue weighted by molar-refractivity contribution is -0.120. The van der Waals surface area contributed by atoms with Crippen molar-refractivity contribution in [1.82, 2.24) is 10.2 Å². The fourth-order valence-electron chi connectivity index (χ4n) is 3.85. The molecule has 0 radical (unpaired) electrons. The van der Waals surface area contributed by atoms with Crippen molar-refractivity contribution in [1.29, 1.82) is 0 Å². The van der Waals surface area contributed by atoms with Crippen LogP contribution in [0.2, 0.25) is 0 Å². The Balaban J connectivity index is 1.38. The highest BCUT2D eigenvalue weighted by molar-refractivity contribution is 7.99. The summed E-state index contributed by atoms with van der Waals surface area (Å²) in [4.78, 5) is 16.2. The fourth-order valence-corrected chi connectivity index (χ4v) is 4.58. The molecule has 0 spiro atoms. The monoisotopic (exact) mass is 432 g/mol. The van der Waals surface area contributed by atoms with E-state index in [9.17, 15) is 4.79 Å². The van der Waals surface area contributed by atoms with Gasteiger partial charge in [-0.2, -0.15) is 0 Å². The number of aryl methyl sites for hydroxylation is 2. The molecular formula is C25H28N4OS. The Morgan fingerprint density at radius 1 is 1.10 bits per heavy atom. The van der Waals surface area contributed by atoms with Gasteiger partial charge in [0.1, 0.15) is 5.03 Å². The molecule has 1 saturated heterocycles. The highest BCUT2D eigenvalue weighted by Gasteiger charge is 2.27. The van der Waals surface area contributed by atoms with E-state index in [0.717, 1.165) is 52.8 Å². The molecule has 1 fully saturated rings. The van der Waals surface area contributed by atoms with Crippen LogP contribution in [0.25, 0.3) is 0 Å². The van der Waals surface area contributed by atoms with Crippen molar-refractivity contribution >= 4 is 29.2 Å². The molecule has 2 aromatic carbocycles. The standard InChI is InChI=1S/C25H28N4OS/c1-3-19-7-4-5-9-22(19)26-25(30)20-8-6-16-29(17-20)23-14-15-24(28-27-23)31-21-12-10-18(2)11-13-21/h4-5,7,9-15,20H,3,6,8,16-17H2,1-2H3,(H,26,30)/t20-/m0/s1. The van der Waals surface area contributed by atoms with Crippen molar-refractivity contribution in [2.75, 3.05) is 23.3 Å². The van der Waals surface area contributed by atoms with E-state index >= 15 is 0 Å². The van der Waals surface area contributed by atoms with Crippen LogP contribution in [0.3, 0.4) is 0 Å². The van der Waals surface area contributed by atoms with Crippen LogP contribution in [0, 0.1) is 12.8 Å². The first-order valence-corrected chi connectivity index (χ1v) is 11.7. The van der Waals surface area contributed by atoms with Crippen LogP contribution in [0.1, 0.15) is 30.9 Å². The number of nitrogens with one attached hydrogen (secondary N) is 1. The Hall–Kier alpha value is -2.86. The predicted octanol–water partition coefficient (Wildman–Crippen LogP) is 5.35. The minimum atomic E-state index is -0.0536. The molecule has 5 nitrogen and oxygen atoms in total. The summed E-state index contributed by atoms with van der Waals surface area (Å²) in [6.45, 7) is 5.75. The van der Waals surface area contributed by atoms with Crippen LogP contribution in [-0.4, -0.2) is 29.2 Å². The summed E-state index contributed by atoms with van der Waals surface area (Å²) in [5.41, 5.74) is 3.33. The molecule has 0 unspecified atom stereocenters. The predicted molar refractivity (Wildman–Crippen MR) is 127 cm³/mol. The van der Waals surface area contributed by atoms with Crippen molar-refractivity contribution in [3.63, 3.8) is 0 Å². The summed E-state index contributed by atoms with van der Waals surface area (Å²) in [6, 6.07) is 20.4. The molecule has 6 heteroatoms. The van der Waals surface area contributed by atoms with Crippen LogP contribution in [-0.2, 0) is 11.2 Å². The van der Waals surface area contributed by atoms with E-state index in [0.29, 0.717) is 6.54 Å². The number of carbonyl (C=O) groups excluding carboxylic acids is 1. The Morgan fingerprint density at radius 3 is 2.65 bits per heavy atom. The summed E-state index contributed by atoms with van der Waals surface area (Å²) in [6.07, 6.45) is 2.76. The van der Waals surface area contributed by atoms with Crippen LogP contribution in [0.5, 0.6) is 0 Å². The third-order valence-corrected chi connectivity index (χ3v) is 6.58. The molecule has 1 atom stereocenters. The minimum Gasteiger partial charge on any atom is -0.354 e. The van der Waals surface area contributed by atoms with Crippen molar-refractivity contribution in [3.8, 4) is 0 Å². The molecule has 1 aliphatic rings. The second kappa shape index (κ2) is 9.96. The lowest BCUT2D eigenvalue weighted by Crippen LogP contribution is -2.41. The zero-order valence-electron chi connectivity index (χ0n) is 18.0. The first-order chi connectivity index (χ1) is 15.1. The number of hydrogen-bond donors (Lipinski definition) is 1. The minimum absolute atomic E-state index is 0.0536. The molecule has 1 amide bonds. The maximum absolute atomic E-state index is 12.9. The lowest BCUT2D eigenvalue weighted by Gasteiger charge is -2.32. The highest BCUT2D eigenvalue weighted by atomic mass is 32.2. The Morgan fingerprint density at radius 2 is 1.90 bits per heavy atom. The normalized spacial score (nSPS) is 16.2. The quantitative estimate of drug-likeness (QED) is 0.569. The topological polar surface area (TPSA) is 58.1 Å². The van der Waals surface area contributed by atoms with Crippen molar-refractivity contribution < 1.29 is 4.79 Å². The van der Waals surface area contributed by atoms with Crippen LogP contribution >= 0.6 is 11.8 Å². The number of piperidine rings is 1. The maximum Gasteiger partial charge on any atom is 0.229 e. The van der Waals surface area contributed by atoms with Gasteiger partial charge in [0.15, 0.2) is 5.82 Å². The van der Waals surface area contributed by atoms with Crippen LogP contribution < -0.4 is 10.2 Å². The van der Waals surface area contributed by atoms with E-state index in [-0.39, 0.29) is 11.8 Å². The molecule has 0 bridgehead atoms. The van der Waals surface area contributed by atoms with Gasteiger partial charge in [-0.25, -0.2) is 0 Å². The number of amides is 1. The van der Waals surface area contributed by atoms with Crippen molar-refractivity contribution in [2.24, 2.45) is 5.92 Å². The van der Waals surface area contributed by atoms with E-state index in [1.54, 1.807) is 11.8 Å². The number of benzene rings is 2. The average Bonchev–Trinajstić information content (AvgIpc) is 2.81. The van der Waals surface area contributed by atoms with Gasteiger partial charge in [0, 0.05) is 23.7 Å². The third-order valence-electron chi connectivity index (χ3n) is 5.64. The number of aromatic nitrogens is 2. The van der Waals surface area contributed by atoms with Gasteiger partial charge in [-0.05, 0) is 62.1 Å². The summed E-state index contributed by atoms with van der Waals surface area (Å²) in [5, 5.41) is 12.9. The number of nitrogens with zero attached hydrogens (tertiary/aromatic N) is 3. The smallest absolute Gasteiger partial charge is 0.229 e. The van der Waals surface area contributed by atoms with E-state index < -0.39 is 0 Å². The average molecular weight is 433 g/mol. The summed E-state index contributed by atoms with van der Waals surface area (Å²) in [5.74, 6) is 0.867. The van der Waals surface area contributed by atoms with E-state index in [2.05, 4.69) is 64.6 Å². The number of rotatable bonds is 6. The molecular weight excluding hydrogens is 404 g/mol. The van der Waals surface area contributed by atoms with E-state index in [4.69, 9.17) is 0 Å². The zero-order valence-corrected chi connectivity index (χ0v) is 18.9. The van der Waals surface area contributed by atoms with Crippen LogP contribution in [0.15, 0.2) is 70.6 Å². The van der Waals surface area contributed by atoms with E-state index in [1.807, 2.05) is 30.3 Å². The highest BCUT2D eigenvalue weighted by Crippen LogP contribution is 2.28. The fraction of sp³-hybridized carbons (Fsp3) is 0.320. The molecule has 160 valence electrons. The number of para-hydroxylation sites is 1. The second-order valence-electron chi connectivity index (χ2n) is 7.93. The van der Waals surface area contributed by atoms with Gasteiger partial charge < -0.3 is 10.2 Å². The molecule has 0 aliphatic carbocycles.